The maximum atomic E-state index is 5.57. The minimum absolute atomic E-state index is 0.359. The van der Waals surface area contributed by atoms with Crippen LogP contribution in [0.1, 0.15) is 31.2 Å². The fourth-order valence-corrected chi connectivity index (χ4v) is 1.21. The molecule has 1 aromatic heterocycles. The molecule has 0 aliphatic rings. The Morgan fingerprint density at radius 2 is 2.25 bits per heavy atom. The molecule has 2 unspecified atom stereocenters. The molecule has 1 rings (SSSR count). The number of rotatable bonds is 3. The normalized spacial score (nSPS) is 16.0. The molecule has 68 valence electrons. The van der Waals surface area contributed by atoms with Crippen LogP contribution in [-0.2, 0) is 0 Å². The van der Waals surface area contributed by atoms with Crippen LogP contribution >= 0.6 is 0 Å². The van der Waals surface area contributed by atoms with Gasteiger partial charge in [0.2, 0.25) is 0 Å². The van der Waals surface area contributed by atoms with Crippen molar-refractivity contribution < 1.29 is 4.42 Å². The van der Waals surface area contributed by atoms with Gasteiger partial charge in [-0.05, 0) is 19.4 Å². The van der Waals surface area contributed by atoms with Gasteiger partial charge in [-0.15, -0.1) is 0 Å². The topological polar surface area (TPSA) is 52.0 Å². The zero-order chi connectivity index (χ0) is 9.14. The van der Waals surface area contributed by atoms with Gasteiger partial charge in [0.25, 0.3) is 0 Å². The second kappa shape index (κ2) is 3.72. The van der Waals surface area contributed by atoms with Crippen molar-refractivity contribution in [3.8, 4) is 0 Å². The Labute approximate surface area is 73.0 Å². The Balaban J connectivity index is 2.77. The Morgan fingerprint density at radius 1 is 1.58 bits per heavy atom. The summed E-state index contributed by atoms with van der Waals surface area (Å²) in [7, 11) is 0. The van der Waals surface area contributed by atoms with Crippen LogP contribution < -0.4 is 5.73 Å². The van der Waals surface area contributed by atoms with E-state index in [9.17, 15) is 0 Å². The molecular weight excluding hydrogens is 152 g/mol. The lowest BCUT2D eigenvalue weighted by Crippen LogP contribution is -2.17. The van der Waals surface area contributed by atoms with Crippen LogP contribution in [0.15, 0.2) is 10.8 Å². The van der Waals surface area contributed by atoms with Crippen molar-refractivity contribution in [2.24, 2.45) is 11.7 Å². The molecule has 0 radical (unpaired) electrons. The Bertz CT molecular complexity index is 244. The summed E-state index contributed by atoms with van der Waals surface area (Å²) in [6.07, 6.45) is 1.49. The average Bonchev–Trinajstić information content (AvgIpc) is 2.48. The Kier molecular flexibility index (Phi) is 2.87. The third-order valence-corrected chi connectivity index (χ3v) is 2.42. The number of aromatic nitrogens is 1. The highest BCUT2D eigenvalue weighted by Gasteiger charge is 2.18. The van der Waals surface area contributed by atoms with Gasteiger partial charge in [-0.3, -0.25) is 0 Å². The van der Waals surface area contributed by atoms with Crippen LogP contribution in [0.3, 0.4) is 0 Å². The first-order valence-electron chi connectivity index (χ1n) is 4.26. The van der Waals surface area contributed by atoms with Gasteiger partial charge in [0, 0.05) is 5.92 Å². The van der Waals surface area contributed by atoms with Gasteiger partial charge in [-0.2, -0.15) is 0 Å². The lowest BCUT2D eigenvalue weighted by Gasteiger charge is -2.15. The third kappa shape index (κ3) is 1.67. The van der Waals surface area contributed by atoms with E-state index in [4.69, 9.17) is 10.2 Å². The van der Waals surface area contributed by atoms with Crippen molar-refractivity contribution in [2.45, 2.75) is 26.7 Å². The average molecular weight is 168 g/mol. The molecule has 12 heavy (non-hydrogen) atoms. The second-order valence-electron chi connectivity index (χ2n) is 3.30. The fraction of sp³-hybridized carbons (Fsp3) is 0.667. The van der Waals surface area contributed by atoms with Gasteiger partial charge >= 0.3 is 0 Å². The van der Waals surface area contributed by atoms with E-state index in [0.717, 1.165) is 11.5 Å². The predicted molar refractivity (Wildman–Crippen MR) is 47.9 cm³/mol. The smallest absolute Gasteiger partial charge is 0.181 e. The Morgan fingerprint density at radius 3 is 2.67 bits per heavy atom. The summed E-state index contributed by atoms with van der Waals surface area (Å²) in [6.45, 7) is 6.87. The second-order valence-corrected chi connectivity index (χ2v) is 3.30. The highest BCUT2D eigenvalue weighted by Crippen LogP contribution is 2.25. The number of aryl methyl sites for hydroxylation is 1. The number of nitrogens with zero attached hydrogens (tertiary/aromatic N) is 1. The third-order valence-electron chi connectivity index (χ3n) is 2.42. The highest BCUT2D eigenvalue weighted by atomic mass is 16.3. The van der Waals surface area contributed by atoms with E-state index in [-0.39, 0.29) is 0 Å². The zero-order valence-electron chi connectivity index (χ0n) is 7.87. The minimum Gasteiger partial charge on any atom is -0.448 e. The van der Waals surface area contributed by atoms with E-state index in [1.54, 1.807) is 0 Å². The van der Waals surface area contributed by atoms with Gasteiger partial charge in [0.05, 0.1) is 5.69 Å². The van der Waals surface area contributed by atoms with E-state index < -0.39 is 0 Å². The molecule has 0 aromatic carbocycles. The zero-order valence-corrected chi connectivity index (χ0v) is 7.87. The molecule has 0 saturated carbocycles. The molecule has 0 spiro atoms. The minimum atomic E-state index is 0.359. The van der Waals surface area contributed by atoms with E-state index >= 15 is 0 Å². The quantitative estimate of drug-likeness (QED) is 0.747. The van der Waals surface area contributed by atoms with Gasteiger partial charge < -0.3 is 10.2 Å². The van der Waals surface area contributed by atoms with Gasteiger partial charge in [-0.1, -0.05) is 13.8 Å². The summed E-state index contributed by atoms with van der Waals surface area (Å²) in [5, 5.41) is 0. The summed E-state index contributed by atoms with van der Waals surface area (Å²) in [5.74, 6) is 1.77. The SMILES string of the molecule is Cc1ncoc1C(C)C(C)CN. The molecule has 3 heteroatoms. The molecule has 0 aliphatic heterocycles. The predicted octanol–water partition coefficient (Wildman–Crippen LogP) is 1.68. The summed E-state index contributed by atoms with van der Waals surface area (Å²) in [5.41, 5.74) is 6.54. The van der Waals surface area contributed by atoms with Crippen LogP contribution in [-0.4, -0.2) is 11.5 Å². The summed E-state index contributed by atoms with van der Waals surface area (Å²) < 4.78 is 5.28. The molecule has 0 aliphatic carbocycles. The molecule has 0 fully saturated rings. The first kappa shape index (κ1) is 9.26. The van der Waals surface area contributed by atoms with Gasteiger partial charge in [0.1, 0.15) is 5.76 Å². The molecule has 0 amide bonds. The van der Waals surface area contributed by atoms with E-state index in [0.29, 0.717) is 18.4 Å². The van der Waals surface area contributed by atoms with Gasteiger partial charge in [0.15, 0.2) is 6.39 Å². The maximum Gasteiger partial charge on any atom is 0.181 e. The van der Waals surface area contributed by atoms with Crippen molar-refractivity contribution >= 4 is 0 Å². The van der Waals surface area contributed by atoms with Crippen molar-refractivity contribution in [3.05, 3.63) is 17.8 Å². The van der Waals surface area contributed by atoms with E-state index in [1.165, 1.54) is 6.39 Å². The monoisotopic (exact) mass is 168 g/mol. The first-order chi connectivity index (χ1) is 5.66. The van der Waals surface area contributed by atoms with Crippen molar-refractivity contribution in [3.63, 3.8) is 0 Å². The lowest BCUT2D eigenvalue weighted by molar-refractivity contribution is 0.398. The van der Waals surface area contributed by atoms with Crippen LogP contribution in [0, 0.1) is 12.8 Å². The Hall–Kier alpha value is -0.830. The van der Waals surface area contributed by atoms with Crippen LogP contribution in [0.5, 0.6) is 0 Å². The number of oxazole rings is 1. The van der Waals surface area contributed by atoms with Crippen molar-refractivity contribution in [1.29, 1.82) is 0 Å². The first-order valence-corrected chi connectivity index (χ1v) is 4.26. The standard InChI is InChI=1S/C9H16N2O/c1-6(4-10)7(2)9-8(3)11-5-12-9/h5-7H,4,10H2,1-3H3. The molecule has 1 heterocycles. The van der Waals surface area contributed by atoms with E-state index in [1.807, 2.05) is 6.92 Å². The summed E-state index contributed by atoms with van der Waals surface area (Å²) in [4.78, 5) is 4.05. The van der Waals surface area contributed by atoms with E-state index in [2.05, 4.69) is 18.8 Å². The van der Waals surface area contributed by atoms with Crippen LogP contribution in [0.4, 0.5) is 0 Å². The van der Waals surface area contributed by atoms with Gasteiger partial charge in [-0.25, -0.2) is 4.98 Å². The summed E-state index contributed by atoms with van der Waals surface area (Å²) >= 11 is 0. The molecular formula is C9H16N2O. The van der Waals surface area contributed by atoms with Crippen LogP contribution in [0.25, 0.3) is 0 Å². The maximum absolute atomic E-state index is 5.57. The number of hydrogen-bond acceptors (Lipinski definition) is 3. The molecule has 2 atom stereocenters. The largest absolute Gasteiger partial charge is 0.448 e. The highest BCUT2D eigenvalue weighted by molar-refractivity contribution is 5.10. The fourth-order valence-electron chi connectivity index (χ4n) is 1.21. The molecule has 3 nitrogen and oxygen atoms in total. The summed E-state index contributed by atoms with van der Waals surface area (Å²) in [6, 6.07) is 0. The molecule has 2 N–H and O–H groups in total. The van der Waals surface area contributed by atoms with Crippen molar-refractivity contribution in [2.75, 3.05) is 6.54 Å². The van der Waals surface area contributed by atoms with Crippen LogP contribution in [0.2, 0.25) is 0 Å². The molecule has 0 saturated heterocycles. The molecule has 0 bridgehead atoms. The lowest BCUT2D eigenvalue weighted by atomic mass is 9.93. The number of nitrogens with two attached hydrogens (primary N) is 1. The number of hydrogen-bond donors (Lipinski definition) is 1. The molecule has 1 aromatic rings. The van der Waals surface area contributed by atoms with Crippen molar-refractivity contribution in [1.82, 2.24) is 4.98 Å².